The molecule has 126 valence electrons. The molecule has 0 unspecified atom stereocenters. The first-order valence-corrected chi connectivity index (χ1v) is 7.41. The predicted molar refractivity (Wildman–Crippen MR) is 83.4 cm³/mol. The van der Waals surface area contributed by atoms with Crippen molar-refractivity contribution < 1.29 is 23.8 Å². The number of nitrogens with zero attached hydrogens (tertiary/aromatic N) is 1. The van der Waals surface area contributed by atoms with Crippen LogP contribution >= 0.6 is 0 Å². The molecule has 0 radical (unpaired) electrons. The predicted octanol–water partition coefficient (Wildman–Crippen LogP) is 0.349. The molecule has 1 fully saturated rings. The molecule has 0 aliphatic carbocycles. The molecular weight excluding hydrogens is 300 g/mol. The molecule has 0 spiro atoms. The van der Waals surface area contributed by atoms with Gasteiger partial charge in [0.15, 0.2) is 0 Å². The van der Waals surface area contributed by atoms with Crippen LogP contribution in [0.4, 0.5) is 0 Å². The summed E-state index contributed by atoms with van der Waals surface area (Å²) in [6.07, 6.45) is 0.261. The Hall–Kier alpha value is -2.28. The Morgan fingerprint density at radius 1 is 1.35 bits per heavy atom. The molecule has 7 nitrogen and oxygen atoms in total. The molecule has 23 heavy (non-hydrogen) atoms. The summed E-state index contributed by atoms with van der Waals surface area (Å²) in [5, 5.41) is 0. The van der Waals surface area contributed by atoms with Crippen LogP contribution in [-0.4, -0.2) is 56.7 Å². The fourth-order valence-electron chi connectivity index (χ4n) is 2.67. The lowest BCUT2D eigenvalue weighted by molar-refractivity contribution is -0.140. The average Bonchev–Trinajstić information content (AvgIpc) is 2.54. The molecule has 2 rings (SSSR count). The van der Waals surface area contributed by atoms with Crippen LogP contribution in [0.5, 0.6) is 11.5 Å². The fraction of sp³-hybridized carbons (Fsp3) is 0.500. The van der Waals surface area contributed by atoms with Gasteiger partial charge in [0.25, 0.3) is 0 Å². The van der Waals surface area contributed by atoms with E-state index in [2.05, 4.69) is 0 Å². The lowest BCUT2D eigenvalue weighted by Gasteiger charge is -2.35. The van der Waals surface area contributed by atoms with Gasteiger partial charge in [0.1, 0.15) is 11.5 Å². The number of ether oxygens (including phenoxy) is 3. The molecule has 7 heteroatoms. The highest BCUT2D eigenvalue weighted by Crippen LogP contribution is 2.25. The van der Waals surface area contributed by atoms with Crippen molar-refractivity contribution in [3.05, 3.63) is 23.8 Å². The molecule has 1 aromatic rings. The van der Waals surface area contributed by atoms with Crippen LogP contribution in [0.15, 0.2) is 18.2 Å². The van der Waals surface area contributed by atoms with Crippen LogP contribution in [-0.2, 0) is 20.7 Å². The molecule has 0 saturated carbocycles. The average molecular weight is 322 g/mol. The van der Waals surface area contributed by atoms with E-state index in [0.717, 1.165) is 5.56 Å². The summed E-state index contributed by atoms with van der Waals surface area (Å²) in [4.78, 5) is 25.5. The number of benzene rings is 1. The first-order valence-electron chi connectivity index (χ1n) is 7.41. The van der Waals surface area contributed by atoms with E-state index >= 15 is 0 Å². The number of carbonyl (C=O) groups is 2. The third kappa shape index (κ3) is 4.35. The largest absolute Gasteiger partial charge is 0.497 e. The SMILES string of the molecule is COc1ccc(OC)c(CC(=O)N2CCOC[C@H]2CC(N)=O)c1. The summed E-state index contributed by atoms with van der Waals surface area (Å²) in [6, 6.07) is 5.00. The second kappa shape index (κ2) is 7.82. The van der Waals surface area contributed by atoms with Gasteiger partial charge in [-0.25, -0.2) is 0 Å². The first-order chi connectivity index (χ1) is 11.0. The quantitative estimate of drug-likeness (QED) is 0.816. The third-order valence-electron chi connectivity index (χ3n) is 3.81. The molecular formula is C16H22N2O5. The maximum Gasteiger partial charge on any atom is 0.227 e. The lowest BCUT2D eigenvalue weighted by atomic mass is 10.1. The second-order valence-electron chi connectivity index (χ2n) is 5.34. The molecule has 1 atom stereocenters. The van der Waals surface area contributed by atoms with Crippen LogP contribution in [0.25, 0.3) is 0 Å². The summed E-state index contributed by atoms with van der Waals surface area (Å²) < 4.78 is 15.8. The van der Waals surface area contributed by atoms with E-state index < -0.39 is 5.91 Å². The number of nitrogens with two attached hydrogens (primary N) is 1. The van der Waals surface area contributed by atoms with E-state index in [1.54, 1.807) is 37.3 Å². The Morgan fingerprint density at radius 3 is 2.78 bits per heavy atom. The number of primary amides is 1. The summed E-state index contributed by atoms with van der Waals surface area (Å²) in [5.41, 5.74) is 5.99. The van der Waals surface area contributed by atoms with E-state index in [0.29, 0.717) is 31.3 Å². The highest BCUT2D eigenvalue weighted by molar-refractivity contribution is 5.81. The summed E-state index contributed by atoms with van der Waals surface area (Å²) in [7, 11) is 3.12. The molecule has 1 aliphatic heterocycles. The van der Waals surface area contributed by atoms with Crippen LogP contribution in [0.1, 0.15) is 12.0 Å². The van der Waals surface area contributed by atoms with E-state index in [1.807, 2.05) is 0 Å². The van der Waals surface area contributed by atoms with Crippen molar-refractivity contribution in [3.63, 3.8) is 0 Å². The van der Waals surface area contributed by atoms with Crippen LogP contribution in [0.2, 0.25) is 0 Å². The Labute approximate surface area is 135 Å². The van der Waals surface area contributed by atoms with E-state index in [4.69, 9.17) is 19.9 Å². The monoisotopic (exact) mass is 322 g/mol. The topological polar surface area (TPSA) is 91.1 Å². The number of rotatable bonds is 6. The maximum absolute atomic E-state index is 12.6. The minimum Gasteiger partial charge on any atom is -0.497 e. The standard InChI is InChI=1S/C16H22N2O5/c1-21-13-3-4-14(22-2)11(7-13)8-16(20)18-5-6-23-10-12(18)9-15(17)19/h3-4,7,12H,5-6,8-10H2,1-2H3,(H2,17,19)/t12-/m1/s1. The summed E-state index contributed by atoms with van der Waals surface area (Å²) in [5.74, 6) is 0.742. The Morgan fingerprint density at radius 2 is 2.13 bits per heavy atom. The Balaban J connectivity index is 2.14. The van der Waals surface area contributed by atoms with Crippen molar-refractivity contribution in [3.8, 4) is 11.5 Å². The van der Waals surface area contributed by atoms with Crippen LogP contribution in [0.3, 0.4) is 0 Å². The van der Waals surface area contributed by atoms with Gasteiger partial charge in [-0.1, -0.05) is 0 Å². The van der Waals surface area contributed by atoms with Gasteiger partial charge >= 0.3 is 0 Å². The van der Waals surface area contributed by atoms with E-state index in [1.165, 1.54) is 0 Å². The first kappa shape index (κ1) is 17.1. The van der Waals surface area contributed by atoms with Gasteiger partial charge in [0.2, 0.25) is 11.8 Å². The van der Waals surface area contributed by atoms with Crippen molar-refractivity contribution in [1.82, 2.24) is 4.90 Å². The highest BCUT2D eigenvalue weighted by Gasteiger charge is 2.29. The van der Waals surface area contributed by atoms with Gasteiger partial charge in [-0.05, 0) is 18.2 Å². The summed E-state index contributed by atoms with van der Waals surface area (Å²) >= 11 is 0. The number of carbonyl (C=O) groups excluding carboxylic acids is 2. The van der Waals surface area contributed by atoms with Gasteiger partial charge in [0, 0.05) is 18.5 Å². The summed E-state index contributed by atoms with van der Waals surface area (Å²) in [6.45, 7) is 1.23. The van der Waals surface area contributed by atoms with Gasteiger partial charge < -0.3 is 24.8 Å². The van der Waals surface area contributed by atoms with Gasteiger partial charge in [-0.15, -0.1) is 0 Å². The smallest absolute Gasteiger partial charge is 0.227 e. The van der Waals surface area contributed by atoms with Crippen molar-refractivity contribution in [1.29, 1.82) is 0 Å². The number of morpholine rings is 1. The molecule has 1 saturated heterocycles. The van der Waals surface area contributed by atoms with Gasteiger partial charge in [-0.3, -0.25) is 9.59 Å². The lowest BCUT2D eigenvalue weighted by Crippen LogP contribution is -2.50. The van der Waals surface area contributed by atoms with Crippen molar-refractivity contribution >= 4 is 11.8 Å². The number of hydrogen-bond donors (Lipinski definition) is 1. The molecule has 1 aliphatic rings. The van der Waals surface area contributed by atoms with E-state index in [-0.39, 0.29) is 24.8 Å². The second-order valence-corrected chi connectivity index (χ2v) is 5.34. The van der Waals surface area contributed by atoms with Crippen molar-refractivity contribution in [2.45, 2.75) is 18.9 Å². The third-order valence-corrected chi connectivity index (χ3v) is 3.81. The number of amides is 2. The Bertz CT molecular complexity index is 576. The number of methoxy groups -OCH3 is 2. The molecule has 2 N–H and O–H groups in total. The zero-order valence-electron chi connectivity index (χ0n) is 13.4. The molecule has 1 aromatic carbocycles. The van der Waals surface area contributed by atoms with Crippen molar-refractivity contribution in [2.24, 2.45) is 5.73 Å². The minimum atomic E-state index is -0.447. The molecule has 0 aromatic heterocycles. The fourth-order valence-corrected chi connectivity index (χ4v) is 2.67. The zero-order valence-corrected chi connectivity index (χ0v) is 13.4. The van der Waals surface area contributed by atoms with Crippen molar-refractivity contribution in [2.75, 3.05) is 34.0 Å². The van der Waals surface area contributed by atoms with Gasteiger partial charge in [-0.2, -0.15) is 0 Å². The Kier molecular flexibility index (Phi) is 5.81. The molecule has 0 bridgehead atoms. The molecule has 2 amide bonds. The maximum atomic E-state index is 12.6. The van der Waals surface area contributed by atoms with Gasteiger partial charge in [0.05, 0.1) is 39.9 Å². The van der Waals surface area contributed by atoms with Crippen LogP contribution < -0.4 is 15.2 Å². The normalized spacial score (nSPS) is 17.7. The number of hydrogen-bond acceptors (Lipinski definition) is 5. The molecule has 1 heterocycles. The highest BCUT2D eigenvalue weighted by atomic mass is 16.5. The van der Waals surface area contributed by atoms with Crippen LogP contribution in [0, 0.1) is 0 Å². The zero-order chi connectivity index (χ0) is 16.8. The van der Waals surface area contributed by atoms with E-state index in [9.17, 15) is 9.59 Å². The minimum absolute atomic E-state index is 0.0916.